The average molecular weight is 730 g/mol. The quantitative estimate of drug-likeness (QED) is 0.170. The number of pyridine rings is 1. The molecule has 0 spiro atoms. The summed E-state index contributed by atoms with van der Waals surface area (Å²) < 4.78 is 2.40. The highest BCUT2D eigenvalue weighted by atomic mass is 15.2. The molecular weight excluding hydrogens is 691 g/mol. The average Bonchev–Trinajstić information content (AvgIpc) is 3.65. The molecule has 1 aliphatic rings. The van der Waals surface area contributed by atoms with E-state index in [0.717, 1.165) is 73.9 Å². The van der Waals surface area contributed by atoms with Gasteiger partial charge in [0.25, 0.3) is 0 Å². The summed E-state index contributed by atoms with van der Waals surface area (Å²) in [4.78, 5) is 7.42. The van der Waals surface area contributed by atoms with Crippen LogP contribution in [0.15, 0.2) is 225 Å². The first kappa shape index (κ1) is 34.0. The van der Waals surface area contributed by atoms with Crippen molar-refractivity contribution >= 4 is 33.2 Å². The number of nitrogens with zero attached hydrogens (tertiary/aromatic N) is 3. The smallest absolute Gasteiger partial charge is 0.0715 e. The standard InChI is InChI=1S/C54H39N3/c1-38-17-5-2-10-22-43-23-11-14-26-52(43)56(38)46-33-44(34-47(37-46)57-53-27-15-12-24-48(53)49-25-13-16-28-54(49)57)39-29-31-40(32-30-39)45-35-50(41-18-6-3-7-19-41)55-51(36-45)42-20-8-4-9-21-42/h2-21,23-37H,1,22H2/b10-2-,17-5-. The number of anilines is 2. The Labute approximate surface area is 333 Å². The molecule has 3 heteroatoms. The third-order valence-corrected chi connectivity index (χ3v) is 10.9. The molecular formula is C54H39N3. The fourth-order valence-corrected chi connectivity index (χ4v) is 8.16. The van der Waals surface area contributed by atoms with Crippen LogP contribution >= 0.6 is 0 Å². The van der Waals surface area contributed by atoms with Crippen molar-refractivity contribution in [1.82, 2.24) is 9.55 Å². The number of hydrogen-bond acceptors (Lipinski definition) is 2. The molecule has 0 amide bonds. The van der Waals surface area contributed by atoms with Gasteiger partial charge in [0, 0.05) is 44.7 Å². The summed E-state index contributed by atoms with van der Waals surface area (Å²) in [6, 6.07) is 67.2. The van der Waals surface area contributed by atoms with Gasteiger partial charge in [-0.05, 0) is 88.8 Å². The Bertz CT molecular complexity index is 2880. The second-order valence-corrected chi connectivity index (χ2v) is 14.5. The lowest BCUT2D eigenvalue weighted by molar-refractivity contribution is 1.14. The molecule has 0 bridgehead atoms. The van der Waals surface area contributed by atoms with Crippen molar-refractivity contribution in [2.75, 3.05) is 4.90 Å². The summed E-state index contributed by atoms with van der Waals surface area (Å²) in [6.07, 6.45) is 9.34. The Kier molecular flexibility index (Phi) is 8.74. The molecule has 0 atom stereocenters. The minimum absolute atomic E-state index is 0.832. The van der Waals surface area contributed by atoms with E-state index in [1.807, 2.05) is 12.1 Å². The van der Waals surface area contributed by atoms with Crippen LogP contribution in [-0.2, 0) is 6.42 Å². The Hall–Kier alpha value is -7.49. The largest absolute Gasteiger partial charge is 0.311 e. The van der Waals surface area contributed by atoms with Crippen LogP contribution in [0.5, 0.6) is 0 Å². The van der Waals surface area contributed by atoms with Crippen molar-refractivity contribution in [2.45, 2.75) is 6.42 Å². The maximum absolute atomic E-state index is 5.11. The highest BCUT2D eigenvalue weighted by Gasteiger charge is 2.20. The van der Waals surface area contributed by atoms with Gasteiger partial charge in [-0.25, -0.2) is 4.98 Å². The number of rotatable bonds is 6. The van der Waals surface area contributed by atoms with E-state index in [1.54, 1.807) is 0 Å². The summed E-state index contributed by atoms with van der Waals surface area (Å²) in [7, 11) is 0. The first-order valence-corrected chi connectivity index (χ1v) is 19.5. The van der Waals surface area contributed by atoms with Gasteiger partial charge in [0.1, 0.15) is 0 Å². The first-order chi connectivity index (χ1) is 28.2. The monoisotopic (exact) mass is 729 g/mol. The molecule has 3 nitrogen and oxygen atoms in total. The Balaban J connectivity index is 1.15. The first-order valence-electron chi connectivity index (χ1n) is 19.5. The van der Waals surface area contributed by atoms with Crippen molar-refractivity contribution < 1.29 is 0 Å². The van der Waals surface area contributed by atoms with E-state index in [0.29, 0.717) is 0 Å². The molecule has 1 aliphatic heterocycles. The predicted octanol–water partition coefficient (Wildman–Crippen LogP) is 14.2. The van der Waals surface area contributed by atoms with Gasteiger partial charge in [0.2, 0.25) is 0 Å². The van der Waals surface area contributed by atoms with Gasteiger partial charge in [0.15, 0.2) is 0 Å². The molecule has 0 N–H and O–H groups in total. The summed E-state index contributed by atoms with van der Waals surface area (Å²) in [5.41, 5.74) is 16.3. The summed E-state index contributed by atoms with van der Waals surface area (Å²) in [6.45, 7) is 4.61. The van der Waals surface area contributed by atoms with Crippen LogP contribution in [0.2, 0.25) is 0 Å². The zero-order chi connectivity index (χ0) is 38.1. The van der Waals surface area contributed by atoms with Crippen molar-refractivity contribution in [2.24, 2.45) is 0 Å². The van der Waals surface area contributed by atoms with Crippen LogP contribution in [0.25, 0.3) is 72.3 Å². The molecule has 7 aromatic carbocycles. The molecule has 0 saturated heterocycles. The third kappa shape index (κ3) is 6.45. The third-order valence-electron chi connectivity index (χ3n) is 10.9. The molecule has 270 valence electrons. The van der Waals surface area contributed by atoms with Crippen molar-refractivity contribution in [3.63, 3.8) is 0 Å². The second-order valence-electron chi connectivity index (χ2n) is 14.5. The van der Waals surface area contributed by atoms with Gasteiger partial charge in [0.05, 0.1) is 22.4 Å². The lowest BCUT2D eigenvalue weighted by Crippen LogP contribution is -2.16. The molecule has 10 rings (SSSR count). The second kappa shape index (κ2) is 14.6. The van der Waals surface area contributed by atoms with Crippen molar-refractivity contribution in [3.8, 4) is 50.5 Å². The zero-order valence-corrected chi connectivity index (χ0v) is 31.5. The Morgan fingerprint density at radius 3 is 1.60 bits per heavy atom. The van der Waals surface area contributed by atoms with Gasteiger partial charge in [-0.2, -0.15) is 0 Å². The number of fused-ring (bicyclic) bond motifs is 4. The van der Waals surface area contributed by atoms with Crippen LogP contribution in [0.4, 0.5) is 11.4 Å². The van der Waals surface area contributed by atoms with E-state index < -0.39 is 0 Å². The summed E-state index contributed by atoms with van der Waals surface area (Å²) in [5.74, 6) is 0. The molecule has 2 aromatic heterocycles. The van der Waals surface area contributed by atoms with Crippen LogP contribution in [0.3, 0.4) is 0 Å². The van der Waals surface area contributed by atoms with Gasteiger partial charge < -0.3 is 9.47 Å². The van der Waals surface area contributed by atoms with Crippen LogP contribution < -0.4 is 4.90 Å². The summed E-state index contributed by atoms with van der Waals surface area (Å²) in [5, 5.41) is 2.47. The van der Waals surface area contributed by atoms with E-state index in [4.69, 9.17) is 4.98 Å². The van der Waals surface area contributed by atoms with E-state index in [1.165, 1.54) is 27.4 Å². The highest BCUT2D eigenvalue weighted by molar-refractivity contribution is 6.09. The lowest BCUT2D eigenvalue weighted by Gasteiger charge is -2.29. The molecule has 0 aliphatic carbocycles. The number of para-hydroxylation sites is 3. The van der Waals surface area contributed by atoms with Crippen molar-refractivity contribution in [3.05, 3.63) is 230 Å². The van der Waals surface area contributed by atoms with Gasteiger partial charge in [-0.1, -0.05) is 164 Å². The molecule has 3 heterocycles. The van der Waals surface area contributed by atoms with Gasteiger partial charge >= 0.3 is 0 Å². The molecule has 0 radical (unpaired) electrons. The van der Waals surface area contributed by atoms with Gasteiger partial charge in [-0.15, -0.1) is 0 Å². The predicted molar refractivity (Wildman–Crippen MR) is 240 cm³/mol. The SMILES string of the molecule is C=C1/C=C\C=C/Cc2ccccc2N1c1cc(-c2ccc(-c3cc(-c4ccccc4)nc(-c4ccccc4)c3)cc2)cc(-n2c3ccccc3c3ccccc32)c1. The van der Waals surface area contributed by atoms with Crippen LogP contribution in [0, 0.1) is 0 Å². The van der Waals surface area contributed by atoms with E-state index >= 15 is 0 Å². The zero-order valence-electron chi connectivity index (χ0n) is 31.5. The minimum atomic E-state index is 0.832. The normalized spacial score (nSPS) is 13.8. The molecule has 0 saturated carbocycles. The number of hydrogen-bond donors (Lipinski definition) is 0. The van der Waals surface area contributed by atoms with E-state index in [-0.39, 0.29) is 0 Å². The Morgan fingerprint density at radius 1 is 0.439 bits per heavy atom. The van der Waals surface area contributed by atoms with Crippen LogP contribution in [-0.4, -0.2) is 9.55 Å². The minimum Gasteiger partial charge on any atom is -0.311 e. The highest BCUT2D eigenvalue weighted by Crippen LogP contribution is 2.40. The number of aromatic nitrogens is 2. The Morgan fingerprint density at radius 2 is 0.965 bits per heavy atom. The maximum Gasteiger partial charge on any atom is 0.0715 e. The lowest BCUT2D eigenvalue weighted by atomic mass is 9.97. The fourth-order valence-electron chi connectivity index (χ4n) is 8.16. The number of benzene rings is 7. The molecule has 57 heavy (non-hydrogen) atoms. The van der Waals surface area contributed by atoms with Crippen LogP contribution in [0.1, 0.15) is 5.56 Å². The summed E-state index contributed by atoms with van der Waals surface area (Å²) >= 11 is 0. The topological polar surface area (TPSA) is 21.1 Å². The number of allylic oxidation sites excluding steroid dienone is 4. The van der Waals surface area contributed by atoms with E-state index in [2.05, 4.69) is 216 Å². The molecule has 0 fully saturated rings. The molecule has 9 aromatic rings. The fraction of sp³-hybridized carbons (Fsp3) is 0.0185. The van der Waals surface area contributed by atoms with E-state index in [9.17, 15) is 0 Å². The van der Waals surface area contributed by atoms with Gasteiger partial charge in [-0.3, -0.25) is 0 Å². The molecule has 0 unspecified atom stereocenters. The maximum atomic E-state index is 5.11. The van der Waals surface area contributed by atoms with Crippen molar-refractivity contribution in [1.29, 1.82) is 0 Å².